The van der Waals surface area contributed by atoms with Crippen molar-refractivity contribution in [2.24, 2.45) is 0 Å². The first-order chi connectivity index (χ1) is 18.6. The molecule has 0 heterocycles. The second kappa shape index (κ2) is 83.2. The monoisotopic (exact) mass is 676 g/mol. The third-order valence-corrected chi connectivity index (χ3v) is 1.10. The highest BCUT2D eigenvalue weighted by Crippen LogP contribution is 1.71. The number of aliphatic carboxylic acids is 4. The van der Waals surface area contributed by atoms with Gasteiger partial charge in [-0.05, 0) is 0 Å². The average molecular weight is 676 g/mol. The normalized spacial score (nSPS) is 5.77. The van der Waals surface area contributed by atoms with Crippen molar-refractivity contribution < 1.29 is 141 Å². The standard InChI is InChI=1S/C3H4O4.2C3H4O3.C2H4O3.2C2H4O2.CO2.3H2O2.3H2O/c1-2(4)3(5)7-6;2*1-2(4)3(5)6;1-2(3)5-4;2*1-2(3)4;2-1-3;3*1-2;;;/h6H,1H3;2*1H3,(H,5,6);4H,1H3;2*1H3,(H,3,4);;3*1-2H;3*1H2. The Bertz CT molecular complexity index is 666. The molecular weight excluding hydrogens is 640 g/mol. The molecule has 0 saturated heterocycles. The number of carboxylic acids is 4. The molecule has 0 unspecified atom stereocenters. The molecule has 0 aromatic carbocycles. The van der Waals surface area contributed by atoms with Crippen molar-refractivity contribution >= 4 is 59.3 Å². The Kier molecular flexibility index (Phi) is 158. The number of Topliss-reactive ketones (excluding diaryl/α,β-unsaturated/α-hetero) is 3. The van der Waals surface area contributed by atoms with Crippen LogP contribution in [-0.2, 0) is 62.5 Å². The molecule has 0 rings (SSSR count). The van der Waals surface area contributed by atoms with Crippen LogP contribution in [0.2, 0.25) is 0 Å². The first-order valence-corrected chi connectivity index (χ1v) is 8.26. The lowest BCUT2D eigenvalue weighted by molar-refractivity contribution is -0.231. The summed E-state index contributed by atoms with van der Waals surface area (Å²) < 4.78 is 0. The van der Waals surface area contributed by atoms with Gasteiger partial charge in [-0.2, -0.15) is 20.1 Å². The molecule has 0 spiro atoms. The molecule has 18 N–H and O–H groups in total. The van der Waals surface area contributed by atoms with E-state index in [1.165, 1.54) is 0 Å². The van der Waals surface area contributed by atoms with Crippen molar-refractivity contribution in [2.75, 3.05) is 0 Å². The van der Waals surface area contributed by atoms with Crippen LogP contribution >= 0.6 is 0 Å². The van der Waals surface area contributed by atoms with Crippen LogP contribution in [-0.4, -0.2) is 138 Å². The number of ketones is 3. The highest BCUT2D eigenvalue weighted by Gasteiger charge is 2.06. The number of carbonyl (C=O) groups excluding carboxylic acids is 7. The molecule has 28 nitrogen and oxygen atoms in total. The smallest absolute Gasteiger partial charge is 0.407 e. The lowest BCUT2D eigenvalue weighted by Crippen LogP contribution is -2.10. The lowest BCUT2D eigenvalue weighted by atomic mass is 10.5. The molecule has 0 aromatic heterocycles. The van der Waals surface area contributed by atoms with Crippen molar-refractivity contribution in [3.8, 4) is 0 Å². The van der Waals surface area contributed by atoms with Crippen LogP contribution in [0.4, 0.5) is 0 Å². The highest BCUT2D eigenvalue weighted by molar-refractivity contribution is 6.32. The van der Waals surface area contributed by atoms with Crippen LogP contribution in [0, 0.1) is 0 Å². The van der Waals surface area contributed by atoms with E-state index in [0.29, 0.717) is 0 Å². The second-order valence-electron chi connectivity index (χ2n) is 4.36. The fraction of sp³-hybridized carbons (Fsp3) is 0.375. The minimum Gasteiger partial charge on any atom is -0.481 e. The first-order valence-electron chi connectivity index (χ1n) is 8.26. The number of rotatable bonds is 3. The Morgan fingerprint density at radius 2 is 0.568 bits per heavy atom. The van der Waals surface area contributed by atoms with Crippen molar-refractivity contribution in [3.63, 3.8) is 0 Å². The van der Waals surface area contributed by atoms with Crippen LogP contribution in [0.5, 0.6) is 0 Å². The first kappa shape index (κ1) is 83.3. The summed E-state index contributed by atoms with van der Waals surface area (Å²) in [6, 6.07) is 0. The molecule has 0 aromatic rings. The summed E-state index contributed by atoms with van der Waals surface area (Å²) in [5.74, 6) is -8.82. The van der Waals surface area contributed by atoms with Crippen LogP contribution in [0.15, 0.2) is 0 Å². The van der Waals surface area contributed by atoms with Crippen molar-refractivity contribution in [3.05, 3.63) is 0 Å². The molecule has 0 aliphatic heterocycles. The molecule has 0 bridgehead atoms. The predicted molar refractivity (Wildman–Crippen MR) is 129 cm³/mol. The molecule has 0 aliphatic carbocycles. The van der Waals surface area contributed by atoms with E-state index in [4.69, 9.17) is 81.7 Å². The van der Waals surface area contributed by atoms with Gasteiger partial charge in [0.2, 0.25) is 17.3 Å². The summed E-state index contributed by atoms with van der Waals surface area (Å²) in [7, 11) is 0. The van der Waals surface area contributed by atoms with Crippen LogP contribution in [0.1, 0.15) is 41.5 Å². The quantitative estimate of drug-likeness (QED) is 0.0772. The Morgan fingerprint density at radius 1 is 0.455 bits per heavy atom. The van der Waals surface area contributed by atoms with Gasteiger partial charge in [-0.25, -0.2) is 19.2 Å². The van der Waals surface area contributed by atoms with Crippen molar-refractivity contribution in [1.82, 2.24) is 0 Å². The summed E-state index contributed by atoms with van der Waals surface area (Å²) in [5, 5.41) is 80.8. The van der Waals surface area contributed by atoms with Gasteiger partial charge in [-0.3, -0.25) is 60.4 Å². The van der Waals surface area contributed by atoms with Gasteiger partial charge in [-0.1, -0.05) is 0 Å². The highest BCUT2D eigenvalue weighted by atomic mass is 17.1. The molecular formula is C16H36O28. The number of hydrogen-bond acceptors (Lipinski definition) is 21. The lowest BCUT2D eigenvalue weighted by Gasteiger charge is -1.83. The molecule has 0 fully saturated rings. The molecule has 44 heavy (non-hydrogen) atoms. The minimum absolute atomic E-state index is 0. The molecule has 0 amide bonds. The van der Waals surface area contributed by atoms with Crippen LogP contribution in [0.25, 0.3) is 0 Å². The van der Waals surface area contributed by atoms with E-state index in [1.54, 1.807) is 0 Å². The van der Waals surface area contributed by atoms with E-state index >= 15 is 0 Å². The van der Waals surface area contributed by atoms with Gasteiger partial charge in [0.15, 0.2) is 0 Å². The zero-order valence-corrected chi connectivity index (χ0v) is 23.2. The zero-order valence-electron chi connectivity index (χ0n) is 23.2. The maximum Gasteiger partial charge on any atom is 0.407 e. The van der Waals surface area contributed by atoms with Crippen LogP contribution in [0.3, 0.4) is 0 Å². The van der Waals surface area contributed by atoms with E-state index in [1.807, 2.05) is 0 Å². The van der Waals surface area contributed by atoms with Gasteiger partial charge in [0.25, 0.3) is 11.9 Å². The fourth-order valence-electron chi connectivity index (χ4n) is 0.0643. The number of carbonyl (C=O) groups is 9. The number of hydrogen-bond donors (Lipinski definition) is 12. The zero-order chi connectivity index (χ0) is 36.3. The fourth-order valence-corrected chi connectivity index (χ4v) is 0.0643. The van der Waals surface area contributed by atoms with E-state index in [-0.39, 0.29) is 22.6 Å². The molecule has 0 radical (unpaired) electrons. The van der Waals surface area contributed by atoms with Gasteiger partial charge in [0.05, 0.1) is 0 Å². The van der Waals surface area contributed by atoms with Gasteiger partial charge in [0, 0.05) is 41.5 Å². The second-order valence-corrected chi connectivity index (χ2v) is 4.36. The Hall–Kier alpha value is -5.23. The molecule has 28 heteroatoms. The third-order valence-electron chi connectivity index (χ3n) is 1.10. The molecule has 0 atom stereocenters. The van der Waals surface area contributed by atoms with Gasteiger partial charge >= 0.3 is 30.0 Å². The predicted octanol–water partition coefficient (Wildman–Crippen LogP) is -3.89. The summed E-state index contributed by atoms with van der Waals surface area (Å²) in [4.78, 5) is 107. The Morgan fingerprint density at radius 3 is 0.568 bits per heavy atom. The van der Waals surface area contributed by atoms with E-state index in [9.17, 15) is 33.6 Å². The van der Waals surface area contributed by atoms with Crippen LogP contribution < -0.4 is 0 Å². The average Bonchev–Trinajstić information content (AvgIpc) is 2.87. The van der Waals surface area contributed by atoms with Gasteiger partial charge in [-0.15, -0.1) is 0 Å². The maximum absolute atomic E-state index is 9.74. The Labute approximate surface area is 243 Å². The molecule has 0 saturated carbocycles. The van der Waals surface area contributed by atoms with E-state index in [2.05, 4.69) is 9.78 Å². The van der Waals surface area contributed by atoms with Crippen molar-refractivity contribution in [2.45, 2.75) is 41.5 Å². The van der Waals surface area contributed by atoms with Crippen molar-refractivity contribution in [1.29, 1.82) is 0 Å². The largest absolute Gasteiger partial charge is 0.481 e. The van der Waals surface area contributed by atoms with Gasteiger partial charge in [0.1, 0.15) is 0 Å². The van der Waals surface area contributed by atoms with E-state index < -0.39 is 53.2 Å². The third kappa shape index (κ3) is 406. The summed E-state index contributed by atoms with van der Waals surface area (Å²) >= 11 is 0. The minimum atomic E-state index is -1.38. The molecule has 268 valence electrons. The topological polar surface area (TPSA) is 543 Å². The SMILES string of the molecule is CC(=O)C(=O)O.CC(=O)C(=O)O.CC(=O)C(=O)OO.CC(=O)O.CC(=O)O.CC(=O)OO.O.O.O.O=C=O.OO.OO.OO. The van der Waals surface area contributed by atoms with E-state index in [0.717, 1.165) is 41.5 Å². The Balaban J connectivity index is -0.0000000225. The summed E-state index contributed by atoms with van der Waals surface area (Å²) in [6.45, 7) is 6.28. The maximum atomic E-state index is 9.74. The number of carboxylic acid groups (broad SMARTS) is 4. The van der Waals surface area contributed by atoms with Gasteiger partial charge < -0.3 is 41.7 Å². The molecule has 0 aliphatic rings. The summed E-state index contributed by atoms with van der Waals surface area (Å²) in [5.41, 5.74) is 0. The summed E-state index contributed by atoms with van der Waals surface area (Å²) in [6.07, 6.45) is 0.250.